The van der Waals surface area contributed by atoms with Gasteiger partial charge in [-0.2, -0.15) is 0 Å². The Morgan fingerprint density at radius 1 is 1.00 bits per heavy atom. The zero-order valence-electron chi connectivity index (χ0n) is 15.7. The van der Waals surface area contributed by atoms with Crippen molar-refractivity contribution in [3.8, 4) is 0 Å². The monoisotopic (exact) mass is 347 g/mol. The summed E-state index contributed by atoms with van der Waals surface area (Å²) in [5, 5.41) is 4.81. The lowest BCUT2D eigenvalue weighted by molar-refractivity contribution is -0.154. The van der Waals surface area contributed by atoms with E-state index in [2.05, 4.69) is 59.6 Å². The summed E-state index contributed by atoms with van der Waals surface area (Å²) in [5.41, 5.74) is 0.707. The maximum Gasteiger partial charge on any atom is 0.306 e. The van der Waals surface area contributed by atoms with E-state index < -0.39 is 5.60 Å². The fourth-order valence-corrected chi connectivity index (χ4v) is 3.05. The molecule has 0 fully saturated rings. The van der Waals surface area contributed by atoms with Crippen molar-refractivity contribution < 1.29 is 9.53 Å². The molecule has 0 aliphatic carbocycles. The third kappa shape index (κ3) is 4.48. The summed E-state index contributed by atoms with van der Waals surface area (Å²) >= 11 is 0. The molecule has 0 N–H and O–H groups in total. The Balaban J connectivity index is 1.75. The van der Waals surface area contributed by atoms with E-state index in [-0.39, 0.29) is 5.97 Å². The van der Waals surface area contributed by atoms with E-state index in [1.54, 1.807) is 0 Å². The zero-order valence-corrected chi connectivity index (χ0v) is 15.7. The summed E-state index contributed by atoms with van der Waals surface area (Å²) in [6.07, 6.45) is 3.03. The van der Waals surface area contributed by atoms with Crippen LogP contribution in [0.15, 0.2) is 59.6 Å². The molecule has 3 nitrogen and oxygen atoms in total. The van der Waals surface area contributed by atoms with Crippen LogP contribution in [-0.4, -0.2) is 24.3 Å². The fraction of sp³-hybridized carbons (Fsp3) is 0.304. The van der Waals surface area contributed by atoms with Crippen LogP contribution in [0, 0.1) is 0 Å². The van der Waals surface area contributed by atoms with Gasteiger partial charge < -0.3 is 4.74 Å². The molecule has 0 unspecified atom stereocenters. The largest absolute Gasteiger partial charge is 0.460 e. The Kier molecular flexibility index (Phi) is 5.36. The van der Waals surface area contributed by atoms with E-state index in [1.165, 1.54) is 21.5 Å². The van der Waals surface area contributed by atoms with E-state index in [0.29, 0.717) is 19.4 Å². The predicted octanol–water partition coefficient (Wildman–Crippen LogP) is 5.53. The molecule has 3 aromatic rings. The molecule has 3 heteroatoms. The van der Waals surface area contributed by atoms with E-state index in [4.69, 9.17) is 4.74 Å². The molecular weight excluding hydrogens is 322 g/mol. The third-order valence-corrected chi connectivity index (χ3v) is 4.12. The Bertz CT molecular complexity index is 897. The highest BCUT2D eigenvalue weighted by Crippen LogP contribution is 2.27. The molecule has 26 heavy (non-hydrogen) atoms. The van der Waals surface area contributed by atoms with Crippen molar-refractivity contribution in [3.05, 3.63) is 60.2 Å². The van der Waals surface area contributed by atoms with Crippen molar-refractivity contribution in [1.82, 2.24) is 0 Å². The minimum Gasteiger partial charge on any atom is -0.460 e. The number of hydrogen-bond acceptors (Lipinski definition) is 3. The SMILES string of the molecule is CC(C)(C)OC(=O)CCCN=Cc1c2ccccc2cc2ccccc12. The highest BCUT2D eigenvalue weighted by Gasteiger charge is 2.15. The van der Waals surface area contributed by atoms with E-state index in [0.717, 1.165) is 5.56 Å². The second-order valence-corrected chi connectivity index (χ2v) is 7.46. The smallest absolute Gasteiger partial charge is 0.306 e. The van der Waals surface area contributed by atoms with Crippen LogP contribution in [0.2, 0.25) is 0 Å². The van der Waals surface area contributed by atoms with Crippen molar-refractivity contribution in [1.29, 1.82) is 0 Å². The second kappa shape index (κ2) is 7.69. The van der Waals surface area contributed by atoms with Crippen molar-refractivity contribution in [3.63, 3.8) is 0 Å². The van der Waals surface area contributed by atoms with Crippen LogP contribution in [0.3, 0.4) is 0 Å². The van der Waals surface area contributed by atoms with Crippen LogP contribution in [0.25, 0.3) is 21.5 Å². The van der Waals surface area contributed by atoms with Gasteiger partial charge in [-0.1, -0.05) is 48.5 Å². The molecule has 0 heterocycles. The number of hydrogen-bond donors (Lipinski definition) is 0. The summed E-state index contributed by atoms with van der Waals surface area (Å²) in [5.74, 6) is -0.164. The van der Waals surface area contributed by atoms with Gasteiger partial charge >= 0.3 is 5.97 Å². The number of carbonyl (C=O) groups is 1. The molecule has 0 spiro atoms. The Hall–Kier alpha value is -2.68. The number of aliphatic imine (C=N–C) groups is 1. The van der Waals surface area contributed by atoms with Gasteiger partial charge in [-0.3, -0.25) is 9.79 Å². The molecule has 0 atom stereocenters. The average Bonchev–Trinajstić information content (AvgIpc) is 2.59. The van der Waals surface area contributed by atoms with Crippen molar-refractivity contribution >= 4 is 33.7 Å². The third-order valence-electron chi connectivity index (χ3n) is 4.12. The van der Waals surface area contributed by atoms with Crippen LogP contribution >= 0.6 is 0 Å². The topological polar surface area (TPSA) is 38.7 Å². The first-order valence-corrected chi connectivity index (χ1v) is 9.06. The lowest BCUT2D eigenvalue weighted by Crippen LogP contribution is -2.23. The number of ether oxygens (including phenoxy) is 1. The predicted molar refractivity (Wildman–Crippen MR) is 109 cm³/mol. The van der Waals surface area contributed by atoms with Gasteiger partial charge in [0, 0.05) is 24.7 Å². The summed E-state index contributed by atoms with van der Waals surface area (Å²) in [7, 11) is 0. The van der Waals surface area contributed by atoms with E-state index in [9.17, 15) is 4.79 Å². The Morgan fingerprint density at radius 2 is 1.58 bits per heavy atom. The van der Waals surface area contributed by atoms with Gasteiger partial charge in [0.2, 0.25) is 0 Å². The zero-order chi connectivity index (χ0) is 18.6. The lowest BCUT2D eigenvalue weighted by Gasteiger charge is -2.19. The van der Waals surface area contributed by atoms with Gasteiger partial charge in [-0.05, 0) is 54.8 Å². The fourth-order valence-electron chi connectivity index (χ4n) is 3.05. The minimum absolute atomic E-state index is 0.164. The van der Waals surface area contributed by atoms with Crippen molar-refractivity contribution in [2.24, 2.45) is 4.99 Å². The van der Waals surface area contributed by atoms with Crippen LogP contribution < -0.4 is 0 Å². The number of esters is 1. The summed E-state index contributed by atoms with van der Waals surface area (Å²) in [6.45, 7) is 6.26. The van der Waals surface area contributed by atoms with Crippen LogP contribution in [0.1, 0.15) is 39.2 Å². The number of rotatable bonds is 5. The standard InChI is InChI=1S/C23H25NO2/c1-23(2,3)26-22(25)13-8-14-24-16-21-19-11-6-4-9-17(19)15-18-10-5-7-12-20(18)21/h4-7,9-12,15-16H,8,13-14H2,1-3H3. The molecule has 0 aliphatic heterocycles. The van der Waals surface area contributed by atoms with Crippen molar-refractivity contribution in [2.75, 3.05) is 6.54 Å². The normalized spacial score (nSPS) is 12.1. The Labute approximate surface area is 154 Å². The second-order valence-electron chi connectivity index (χ2n) is 7.46. The van der Waals surface area contributed by atoms with E-state index >= 15 is 0 Å². The van der Waals surface area contributed by atoms with Gasteiger partial charge in [0.05, 0.1) is 0 Å². The summed E-state index contributed by atoms with van der Waals surface area (Å²) in [6, 6.07) is 18.9. The van der Waals surface area contributed by atoms with Gasteiger partial charge in [0.15, 0.2) is 0 Å². The molecule has 0 radical (unpaired) electrons. The highest BCUT2D eigenvalue weighted by molar-refractivity contribution is 6.13. The molecule has 0 bridgehead atoms. The molecule has 0 aromatic heterocycles. The van der Waals surface area contributed by atoms with Gasteiger partial charge in [-0.25, -0.2) is 0 Å². The lowest BCUT2D eigenvalue weighted by atomic mass is 9.97. The van der Waals surface area contributed by atoms with Gasteiger partial charge in [-0.15, -0.1) is 0 Å². The molecule has 0 saturated heterocycles. The molecular formula is C23H25NO2. The highest BCUT2D eigenvalue weighted by atomic mass is 16.6. The van der Waals surface area contributed by atoms with Gasteiger partial charge in [0.1, 0.15) is 5.60 Å². The number of carbonyl (C=O) groups excluding carboxylic acids is 1. The average molecular weight is 347 g/mol. The quantitative estimate of drug-likeness (QED) is 0.263. The van der Waals surface area contributed by atoms with Gasteiger partial charge in [0.25, 0.3) is 0 Å². The first-order chi connectivity index (χ1) is 12.4. The number of fused-ring (bicyclic) bond motifs is 2. The summed E-state index contributed by atoms with van der Waals surface area (Å²) < 4.78 is 5.33. The maximum absolute atomic E-state index is 11.8. The van der Waals surface area contributed by atoms with Crippen LogP contribution in [0.4, 0.5) is 0 Å². The Morgan fingerprint density at radius 3 is 2.15 bits per heavy atom. The number of nitrogens with zero attached hydrogens (tertiary/aromatic N) is 1. The maximum atomic E-state index is 11.8. The van der Waals surface area contributed by atoms with E-state index in [1.807, 2.05) is 27.0 Å². The minimum atomic E-state index is -0.428. The van der Waals surface area contributed by atoms with Crippen LogP contribution in [-0.2, 0) is 9.53 Å². The van der Waals surface area contributed by atoms with Crippen molar-refractivity contribution in [2.45, 2.75) is 39.2 Å². The molecule has 0 amide bonds. The molecule has 134 valence electrons. The first-order valence-electron chi connectivity index (χ1n) is 9.06. The van der Waals surface area contributed by atoms with Crippen LogP contribution in [0.5, 0.6) is 0 Å². The molecule has 3 rings (SSSR count). The molecule has 3 aromatic carbocycles. The molecule has 0 saturated carbocycles. The number of benzene rings is 3. The molecule has 0 aliphatic rings. The summed E-state index contributed by atoms with van der Waals surface area (Å²) in [4.78, 5) is 16.3. The first kappa shape index (κ1) is 18.1.